The van der Waals surface area contributed by atoms with Gasteiger partial charge in [-0.05, 0) is 22.4 Å². The number of nitrogens with zero attached hydrogens (tertiary/aromatic N) is 2. The SMILES string of the molecule is O=C(NCc1cccc2ccccc12)N1CCC(Oc2ccccn2)CC1. The molecule has 27 heavy (non-hydrogen) atoms. The average molecular weight is 361 g/mol. The molecule has 5 nitrogen and oxygen atoms in total. The van der Waals surface area contributed by atoms with Crippen LogP contribution in [0.4, 0.5) is 4.79 Å². The Morgan fingerprint density at radius 2 is 1.81 bits per heavy atom. The third-order valence-electron chi connectivity index (χ3n) is 4.96. The molecule has 5 heteroatoms. The van der Waals surface area contributed by atoms with Gasteiger partial charge in [-0.2, -0.15) is 0 Å². The summed E-state index contributed by atoms with van der Waals surface area (Å²) >= 11 is 0. The highest BCUT2D eigenvalue weighted by atomic mass is 16.5. The second-order valence-corrected chi connectivity index (χ2v) is 6.77. The van der Waals surface area contributed by atoms with Gasteiger partial charge in [-0.3, -0.25) is 0 Å². The number of carbonyl (C=O) groups is 1. The molecule has 1 aliphatic heterocycles. The number of nitrogens with one attached hydrogen (secondary N) is 1. The Labute approximate surface area is 159 Å². The van der Waals surface area contributed by atoms with Crippen LogP contribution in [-0.2, 0) is 6.54 Å². The topological polar surface area (TPSA) is 54.5 Å². The first kappa shape index (κ1) is 17.3. The van der Waals surface area contributed by atoms with Crippen molar-refractivity contribution in [2.45, 2.75) is 25.5 Å². The van der Waals surface area contributed by atoms with Gasteiger partial charge in [0, 0.05) is 44.7 Å². The van der Waals surface area contributed by atoms with E-state index in [0.29, 0.717) is 25.5 Å². The lowest BCUT2D eigenvalue weighted by Gasteiger charge is -2.32. The molecule has 0 atom stereocenters. The maximum atomic E-state index is 12.5. The van der Waals surface area contributed by atoms with Gasteiger partial charge in [0.25, 0.3) is 0 Å². The second-order valence-electron chi connectivity index (χ2n) is 6.77. The molecule has 2 amide bonds. The van der Waals surface area contributed by atoms with E-state index in [1.54, 1.807) is 6.20 Å². The van der Waals surface area contributed by atoms with Crippen LogP contribution in [0.25, 0.3) is 10.8 Å². The molecule has 1 N–H and O–H groups in total. The Hall–Kier alpha value is -3.08. The number of piperidine rings is 1. The predicted molar refractivity (Wildman–Crippen MR) is 106 cm³/mol. The second kappa shape index (κ2) is 8.08. The molecule has 0 radical (unpaired) electrons. The van der Waals surface area contributed by atoms with Gasteiger partial charge < -0.3 is 15.0 Å². The van der Waals surface area contributed by atoms with Crippen molar-refractivity contribution < 1.29 is 9.53 Å². The van der Waals surface area contributed by atoms with Crippen molar-refractivity contribution in [1.29, 1.82) is 0 Å². The molecule has 2 aromatic carbocycles. The predicted octanol–water partition coefficient (Wildman–Crippen LogP) is 3.99. The molecule has 2 heterocycles. The third-order valence-corrected chi connectivity index (χ3v) is 4.96. The number of pyridine rings is 1. The summed E-state index contributed by atoms with van der Waals surface area (Å²) in [4.78, 5) is 18.6. The first-order chi connectivity index (χ1) is 13.3. The zero-order valence-corrected chi connectivity index (χ0v) is 15.2. The van der Waals surface area contributed by atoms with Crippen LogP contribution < -0.4 is 10.1 Å². The number of aromatic nitrogens is 1. The van der Waals surface area contributed by atoms with Crippen molar-refractivity contribution >= 4 is 16.8 Å². The average Bonchev–Trinajstić information content (AvgIpc) is 2.73. The molecule has 4 rings (SSSR count). The minimum absolute atomic E-state index is 0.0146. The molecular formula is C22H23N3O2. The van der Waals surface area contributed by atoms with Crippen molar-refractivity contribution in [3.63, 3.8) is 0 Å². The summed E-state index contributed by atoms with van der Waals surface area (Å²) in [5, 5.41) is 5.43. The summed E-state index contributed by atoms with van der Waals surface area (Å²) < 4.78 is 5.89. The van der Waals surface area contributed by atoms with E-state index in [2.05, 4.69) is 34.6 Å². The Kier molecular flexibility index (Phi) is 5.19. The summed E-state index contributed by atoms with van der Waals surface area (Å²) in [7, 11) is 0. The van der Waals surface area contributed by atoms with Crippen molar-refractivity contribution in [2.75, 3.05) is 13.1 Å². The van der Waals surface area contributed by atoms with E-state index >= 15 is 0 Å². The number of carbonyl (C=O) groups excluding carboxylic acids is 1. The monoisotopic (exact) mass is 361 g/mol. The number of hydrogen-bond donors (Lipinski definition) is 1. The quantitative estimate of drug-likeness (QED) is 0.764. The number of ether oxygens (including phenoxy) is 1. The molecule has 0 aliphatic carbocycles. The van der Waals surface area contributed by atoms with Crippen molar-refractivity contribution in [3.8, 4) is 5.88 Å². The lowest BCUT2D eigenvalue weighted by atomic mass is 10.0. The molecule has 1 aromatic heterocycles. The number of rotatable bonds is 4. The summed E-state index contributed by atoms with van der Waals surface area (Å²) in [6, 6.07) is 20.1. The number of urea groups is 1. The normalized spacial score (nSPS) is 14.9. The summed E-state index contributed by atoms with van der Waals surface area (Å²) in [5.41, 5.74) is 1.13. The molecule has 0 unspecified atom stereocenters. The van der Waals surface area contributed by atoms with Gasteiger partial charge in [-0.1, -0.05) is 48.5 Å². The van der Waals surface area contributed by atoms with E-state index in [1.165, 1.54) is 10.8 Å². The van der Waals surface area contributed by atoms with Gasteiger partial charge >= 0.3 is 6.03 Å². The maximum Gasteiger partial charge on any atom is 0.317 e. The number of likely N-dealkylation sites (tertiary alicyclic amines) is 1. The van der Waals surface area contributed by atoms with E-state index in [4.69, 9.17) is 4.74 Å². The van der Waals surface area contributed by atoms with Gasteiger partial charge in [0.1, 0.15) is 6.10 Å². The molecule has 0 bridgehead atoms. The van der Waals surface area contributed by atoms with Gasteiger partial charge in [-0.25, -0.2) is 9.78 Å². The van der Waals surface area contributed by atoms with E-state index in [-0.39, 0.29) is 12.1 Å². The number of amides is 2. The van der Waals surface area contributed by atoms with E-state index in [1.807, 2.05) is 41.3 Å². The van der Waals surface area contributed by atoms with Gasteiger partial charge in [0.15, 0.2) is 0 Å². The zero-order valence-electron chi connectivity index (χ0n) is 15.2. The molecule has 1 fully saturated rings. The summed E-state index contributed by atoms with van der Waals surface area (Å²) in [6.07, 6.45) is 3.48. The fourth-order valence-electron chi connectivity index (χ4n) is 3.49. The molecule has 3 aromatic rings. The van der Waals surface area contributed by atoms with E-state index in [0.717, 1.165) is 18.4 Å². The van der Waals surface area contributed by atoms with Crippen LogP contribution in [0.2, 0.25) is 0 Å². The van der Waals surface area contributed by atoms with E-state index < -0.39 is 0 Å². The van der Waals surface area contributed by atoms with Crippen molar-refractivity contribution in [3.05, 3.63) is 72.4 Å². The fraction of sp³-hybridized carbons (Fsp3) is 0.273. The van der Waals surface area contributed by atoms with Gasteiger partial charge in [0.2, 0.25) is 5.88 Å². The zero-order chi connectivity index (χ0) is 18.5. The molecule has 1 aliphatic rings. The lowest BCUT2D eigenvalue weighted by molar-refractivity contribution is 0.107. The minimum atomic E-state index is -0.0146. The fourth-order valence-corrected chi connectivity index (χ4v) is 3.49. The van der Waals surface area contributed by atoms with Crippen LogP contribution in [0, 0.1) is 0 Å². The van der Waals surface area contributed by atoms with E-state index in [9.17, 15) is 4.79 Å². The van der Waals surface area contributed by atoms with Crippen LogP contribution in [0.5, 0.6) is 5.88 Å². The van der Waals surface area contributed by atoms with Crippen LogP contribution >= 0.6 is 0 Å². The molecule has 0 spiro atoms. The third kappa shape index (κ3) is 4.19. The minimum Gasteiger partial charge on any atom is -0.474 e. The van der Waals surface area contributed by atoms with Gasteiger partial charge in [0.05, 0.1) is 0 Å². The maximum absolute atomic E-state index is 12.5. The largest absolute Gasteiger partial charge is 0.474 e. The number of hydrogen-bond acceptors (Lipinski definition) is 3. The van der Waals surface area contributed by atoms with Gasteiger partial charge in [-0.15, -0.1) is 0 Å². The Balaban J connectivity index is 1.29. The van der Waals surface area contributed by atoms with Crippen LogP contribution in [0.3, 0.4) is 0 Å². The standard InChI is InChI=1S/C22H23N3O2/c26-22(24-16-18-8-5-7-17-6-1-2-9-20(17)18)25-14-11-19(12-15-25)27-21-10-3-4-13-23-21/h1-10,13,19H,11-12,14-16H2,(H,24,26). The number of fused-ring (bicyclic) bond motifs is 1. The Morgan fingerprint density at radius 1 is 1.04 bits per heavy atom. The molecule has 1 saturated heterocycles. The van der Waals surface area contributed by atoms with Crippen LogP contribution in [0.1, 0.15) is 18.4 Å². The van der Waals surface area contributed by atoms with Crippen LogP contribution in [0.15, 0.2) is 66.9 Å². The number of benzene rings is 2. The Bertz CT molecular complexity index is 900. The smallest absolute Gasteiger partial charge is 0.317 e. The first-order valence-electron chi connectivity index (χ1n) is 9.37. The summed E-state index contributed by atoms with van der Waals surface area (Å²) in [6.45, 7) is 1.92. The van der Waals surface area contributed by atoms with Crippen molar-refractivity contribution in [2.24, 2.45) is 0 Å². The molecular weight excluding hydrogens is 338 g/mol. The highest BCUT2D eigenvalue weighted by Crippen LogP contribution is 2.19. The highest BCUT2D eigenvalue weighted by Gasteiger charge is 2.24. The van der Waals surface area contributed by atoms with Crippen molar-refractivity contribution in [1.82, 2.24) is 15.2 Å². The molecule has 138 valence electrons. The highest BCUT2D eigenvalue weighted by molar-refractivity contribution is 5.86. The summed E-state index contributed by atoms with van der Waals surface area (Å²) in [5.74, 6) is 0.649. The molecule has 0 saturated carbocycles. The van der Waals surface area contributed by atoms with Crippen LogP contribution in [-0.4, -0.2) is 35.1 Å². The lowest BCUT2D eigenvalue weighted by Crippen LogP contribution is -2.46. The first-order valence-corrected chi connectivity index (χ1v) is 9.37. The Morgan fingerprint density at radius 3 is 2.63 bits per heavy atom.